The number of anilines is 2. The molecule has 3 heteroatoms. The van der Waals surface area contributed by atoms with Crippen LogP contribution in [0, 0.1) is 0 Å². The molecular formula is C12H16N2O. The molecule has 2 rings (SSSR count). The zero-order chi connectivity index (χ0) is 11.0. The molecule has 0 bridgehead atoms. The lowest BCUT2D eigenvalue weighted by atomic mass is 10.1. The van der Waals surface area contributed by atoms with Crippen LogP contribution in [0.3, 0.4) is 0 Å². The van der Waals surface area contributed by atoms with E-state index >= 15 is 0 Å². The second-order valence-corrected chi connectivity index (χ2v) is 4.07. The zero-order valence-electron chi connectivity index (χ0n) is 9.36. The third-order valence-electron chi connectivity index (χ3n) is 2.74. The topological polar surface area (TPSA) is 26.7 Å². The second kappa shape index (κ2) is 3.50. The summed E-state index contributed by atoms with van der Waals surface area (Å²) >= 11 is 0. The largest absolute Gasteiger partial charge is 0.508 e. The van der Waals surface area contributed by atoms with Gasteiger partial charge in [0.25, 0.3) is 0 Å². The molecule has 0 spiro atoms. The minimum Gasteiger partial charge on any atom is -0.508 e. The standard InChI is InChI=1S/C12H16N2O/c1-13(2)9-4-5-10-11(8-9)14(3)7-6-12(10)15/h4-6,8,15H,7H2,1-3H3. The lowest BCUT2D eigenvalue weighted by molar-refractivity contribution is 0.508. The number of likely N-dealkylation sites (N-methyl/N-ethyl adjacent to an activating group) is 1. The Morgan fingerprint density at radius 3 is 2.73 bits per heavy atom. The summed E-state index contributed by atoms with van der Waals surface area (Å²) in [6.07, 6.45) is 1.83. The predicted octanol–water partition coefficient (Wildman–Crippen LogP) is 2.10. The molecule has 1 aliphatic heterocycles. The van der Waals surface area contributed by atoms with Crippen LogP contribution in [0.5, 0.6) is 0 Å². The van der Waals surface area contributed by atoms with Gasteiger partial charge in [0.2, 0.25) is 0 Å². The van der Waals surface area contributed by atoms with Gasteiger partial charge in [-0.25, -0.2) is 0 Å². The van der Waals surface area contributed by atoms with Crippen LogP contribution >= 0.6 is 0 Å². The maximum Gasteiger partial charge on any atom is 0.122 e. The van der Waals surface area contributed by atoms with E-state index in [0.717, 1.165) is 23.5 Å². The molecule has 0 fully saturated rings. The summed E-state index contributed by atoms with van der Waals surface area (Å²) in [5.41, 5.74) is 3.14. The number of fused-ring (bicyclic) bond motifs is 1. The predicted molar refractivity (Wildman–Crippen MR) is 64.6 cm³/mol. The Morgan fingerprint density at radius 1 is 1.33 bits per heavy atom. The average molecular weight is 204 g/mol. The van der Waals surface area contributed by atoms with E-state index in [4.69, 9.17) is 0 Å². The van der Waals surface area contributed by atoms with Crippen molar-refractivity contribution in [3.05, 3.63) is 29.8 Å². The molecule has 0 saturated heterocycles. The second-order valence-electron chi connectivity index (χ2n) is 4.07. The molecule has 0 aromatic heterocycles. The van der Waals surface area contributed by atoms with Crippen molar-refractivity contribution in [2.24, 2.45) is 0 Å². The molecule has 0 aliphatic carbocycles. The van der Waals surface area contributed by atoms with Gasteiger partial charge in [0.15, 0.2) is 0 Å². The first-order valence-electron chi connectivity index (χ1n) is 5.01. The molecule has 3 nitrogen and oxygen atoms in total. The average Bonchev–Trinajstić information content (AvgIpc) is 2.23. The van der Waals surface area contributed by atoms with E-state index in [9.17, 15) is 5.11 Å². The van der Waals surface area contributed by atoms with E-state index in [2.05, 4.69) is 15.9 Å². The molecule has 1 aromatic carbocycles. The van der Waals surface area contributed by atoms with Crippen molar-refractivity contribution in [3.63, 3.8) is 0 Å². The Morgan fingerprint density at radius 2 is 2.07 bits per heavy atom. The fraction of sp³-hybridized carbons (Fsp3) is 0.333. The van der Waals surface area contributed by atoms with Crippen LogP contribution < -0.4 is 9.80 Å². The molecule has 1 aliphatic rings. The number of nitrogens with zero attached hydrogens (tertiary/aromatic N) is 2. The van der Waals surface area contributed by atoms with Gasteiger partial charge in [-0.1, -0.05) is 0 Å². The summed E-state index contributed by atoms with van der Waals surface area (Å²) in [6.45, 7) is 0.760. The van der Waals surface area contributed by atoms with Crippen LogP contribution in [-0.2, 0) is 0 Å². The molecule has 0 radical (unpaired) electrons. The summed E-state index contributed by atoms with van der Waals surface area (Å²) in [4.78, 5) is 4.19. The highest BCUT2D eigenvalue weighted by Crippen LogP contribution is 2.32. The Hall–Kier alpha value is -1.64. The van der Waals surface area contributed by atoms with Gasteiger partial charge in [-0.2, -0.15) is 0 Å². The maximum absolute atomic E-state index is 9.73. The van der Waals surface area contributed by atoms with Crippen molar-refractivity contribution in [1.82, 2.24) is 0 Å². The van der Waals surface area contributed by atoms with E-state index < -0.39 is 0 Å². The Labute approximate surface area is 90.2 Å². The van der Waals surface area contributed by atoms with Crippen LogP contribution in [-0.4, -0.2) is 32.8 Å². The molecular weight excluding hydrogens is 188 g/mol. The number of aliphatic hydroxyl groups excluding tert-OH is 1. The van der Waals surface area contributed by atoms with Gasteiger partial charge >= 0.3 is 0 Å². The van der Waals surface area contributed by atoms with Crippen LogP contribution in [0.2, 0.25) is 0 Å². The van der Waals surface area contributed by atoms with E-state index in [1.807, 2.05) is 39.4 Å². The smallest absolute Gasteiger partial charge is 0.122 e. The lowest BCUT2D eigenvalue weighted by Crippen LogP contribution is -2.22. The van der Waals surface area contributed by atoms with Crippen LogP contribution in [0.25, 0.3) is 5.76 Å². The van der Waals surface area contributed by atoms with E-state index in [0.29, 0.717) is 5.76 Å². The van der Waals surface area contributed by atoms with Gasteiger partial charge < -0.3 is 14.9 Å². The van der Waals surface area contributed by atoms with E-state index in [1.165, 1.54) is 0 Å². The summed E-state index contributed by atoms with van der Waals surface area (Å²) in [5, 5.41) is 9.73. The third kappa shape index (κ3) is 1.65. The van der Waals surface area contributed by atoms with Crippen LogP contribution in [0.4, 0.5) is 11.4 Å². The third-order valence-corrected chi connectivity index (χ3v) is 2.74. The van der Waals surface area contributed by atoms with Crippen molar-refractivity contribution in [2.45, 2.75) is 0 Å². The highest BCUT2D eigenvalue weighted by atomic mass is 16.3. The van der Waals surface area contributed by atoms with Gasteiger partial charge in [0.1, 0.15) is 5.76 Å². The minimum absolute atomic E-state index is 0.383. The first kappa shape index (κ1) is 9.90. The number of rotatable bonds is 1. The summed E-state index contributed by atoms with van der Waals surface area (Å²) in [7, 11) is 6.06. The SMILES string of the molecule is CN(C)c1ccc2c(c1)N(C)CC=C2O. The Balaban J connectivity index is 2.51. The van der Waals surface area contributed by atoms with Crippen LogP contribution in [0.15, 0.2) is 24.3 Å². The van der Waals surface area contributed by atoms with Crippen molar-refractivity contribution < 1.29 is 5.11 Å². The molecule has 1 N–H and O–H groups in total. The zero-order valence-corrected chi connectivity index (χ0v) is 9.36. The molecule has 1 heterocycles. The van der Waals surface area contributed by atoms with Crippen LogP contribution in [0.1, 0.15) is 5.56 Å². The van der Waals surface area contributed by atoms with Gasteiger partial charge in [0, 0.05) is 44.6 Å². The maximum atomic E-state index is 9.73. The van der Waals surface area contributed by atoms with Crippen molar-refractivity contribution in [2.75, 3.05) is 37.5 Å². The molecule has 80 valence electrons. The van der Waals surface area contributed by atoms with Gasteiger partial charge in [-0.15, -0.1) is 0 Å². The molecule has 1 aromatic rings. The minimum atomic E-state index is 0.383. The van der Waals surface area contributed by atoms with E-state index in [-0.39, 0.29) is 0 Å². The van der Waals surface area contributed by atoms with Gasteiger partial charge in [-0.3, -0.25) is 0 Å². The fourth-order valence-corrected chi connectivity index (χ4v) is 1.76. The summed E-state index contributed by atoms with van der Waals surface area (Å²) in [6, 6.07) is 6.08. The Bertz CT molecular complexity index is 410. The van der Waals surface area contributed by atoms with Crippen molar-refractivity contribution in [3.8, 4) is 0 Å². The molecule has 0 saturated carbocycles. The van der Waals surface area contributed by atoms with Crippen molar-refractivity contribution in [1.29, 1.82) is 0 Å². The monoisotopic (exact) mass is 204 g/mol. The lowest BCUT2D eigenvalue weighted by Gasteiger charge is -2.26. The van der Waals surface area contributed by atoms with Gasteiger partial charge in [-0.05, 0) is 24.3 Å². The number of hydrogen-bond donors (Lipinski definition) is 1. The van der Waals surface area contributed by atoms with E-state index in [1.54, 1.807) is 0 Å². The van der Waals surface area contributed by atoms with Crippen molar-refractivity contribution >= 4 is 17.1 Å². The quantitative estimate of drug-likeness (QED) is 0.759. The number of hydrogen-bond acceptors (Lipinski definition) is 3. The number of aliphatic hydroxyl groups is 1. The highest BCUT2D eigenvalue weighted by Gasteiger charge is 2.16. The summed E-state index contributed by atoms with van der Waals surface area (Å²) < 4.78 is 0. The molecule has 15 heavy (non-hydrogen) atoms. The molecule has 0 atom stereocenters. The molecule has 0 amide bonds. The number of benzene rings is 1. The fourth-order valence-electron chi connectivity index (χ4n) is 1.76. The Kier molecular flexibility index (Phi) is 2.31. The summed E-state index contributed by atoms with van der Waals surface area (Å²) in [5.74, 6) is 0.383. The first-order chi connectivity index (χ1) is 7.09. The normalized spacial score (nSPS) is 14.6. The van der Waals surface area contributed by atoms with Gasteiger partial charge in [0.05, 0.1) is 0 Å². The first-order valence-corrected chi connectivity index (χ1v) is 5.01. The molecule has 0 unspecified atom stereocenters. The highest BCUT2D eigenvalue weighted by molar-refractivity contribution is 5.78.